The molecule has 0 aliphatic carbocycles. The number of hydrogen-bond donors (Lipinski definition) is 0. The van der Waals surface area contributed by atoms with E-state index in [1.54, 1.807) is 0 Å². The Hall–Kier alpha value is -8.15. The highest BCUT2D eigenvalue weighted by atomic mass is 16.3. The molecule has 0 N–H and O–H groups in total. The summed E-state index contributed by atoms with van der Waals surface area (Å²) < 4.78 is 12.9. The van der Waals surface area contributed by atoms with Gasteiger partial charge in [-0.25, -0.2) is 15.0 Å². The van der Waals surface area contributed by atoms with Gasteiger partial charge in [0.2, 0.25) is 0 Å². The van der Waals surface area contributed by atoms with Crippen LogP contribution in [0.3, 0.4) is 0 Å². The molecule has 3 aromatic heterocycles. The van der Waals surface area contributed by atoms with Gasteiger partial charge in [-0.3, -0.25) is 0 Å². The van der Waals surface area contributed by atoms with Crippen molar-refractivity contribution in [3.8, 4) is 45.3 Å². The highest BCUT2D eigenvalue weighted by molar-refractivity contribution is 6.19. The topological polar surface area (TPSA) is 65.0 Å². The Morgan fingerprint density at radius 3 is 1.73 bits per heavy atom. The number of aromatic nitrogens is 3. The Morgan fingerprint density at radius 2 is 0.833 bits per heavy atom. The molecule has 0 spiro atoms. The molecule has 0 saturated carbocycles. The molecule has 0 fully saturated rings. The Bertz CT molecular complexity index is 3910. The zero-order valence-corrected chi connectivity index (χ0v) is 32.1. The molecule has 60 heavy (non-hydrogen) atoms. The summed E-state index contributed by atoms with van der Waals surface area (Å²) in [5.41, 5.74) is 8.30. The zero-order chi connectivity index (χ0) is 39.3. The van der Waals surface area contributed by atoms with Gasteiger partial charge in [-0.05, 0) is 103 Å². The van der Waals surface area contributed by atoms with E-state index in [0.717, 1.165) is 98.6 Å². The normalized spacial score (nSPS) is 12.0. The van der Waals surface area contributed by atoms with Gasteiger partial charge in [-0.1, -0.05) is 140 Å². The van der Waals surface area contributed by atoms with Crippen LogP contribution in [0, 0.1) is 0 Å². The molecule has 0 aliphatic heterocycles. The molecule has 0 aliphatic rings. The lowest BCUT2D eigenvalue weighted by Crippen LogP contribution is -2.01. The quantitative estimate of drug-likeness (QED) is 0.167. The van der Waals surface area contributed by atoms with Gasteiger partial charge in [0.25, 0.3) is 0 Å². The third-order valence-corrected chi connectivity index (χ3v) is 12.1. The average Bonchev–Trinajstić information content (AvgIpc) is 3.89. The van der Waals surface area contributed by atoms with Crippen molar-refractivity contribution in [1.29, 1.82) is 0 Å². The monoisotopic (exact) mass is 765 g/mol. The summed E-state index contributed by atoms with van der Waals surface area (Å²) in [7, 11) is 0. The maximum Gasteiger partial charge on any atom is 0.164 e. The van der Waals surface area contributed by atoms with Gasteiger partial charge in [0.15, 0.2) is 17.5 Å². The molecule has 13 rings (SSSR count). The van der Waals surface area contributed by atoms with Crippen LogP contribution >= 0.6 is 0 Å². The molecular formula is C55H31N3O2. The van der Waals surface area contributed by atoms with E-state index in [9.17, 15) is 0 Å². The lowest BCUT2D eigenvalue weighted by molar-refractivity contribution is 0.669. The van der Waals surface area contributed by atoms with Crippen LogP contribution in [0.25, 0.3) is 132 Å². The SMILES string of the molecule is c1ccc2cc(-c3ccc4c(c3)oc3cccc(-c5nc(-c6ccc7c(ccc8oc9ccccc9c87)c6)nc(-c6cc7ccccc7c7ccccc67)n5)c34)ccc2c1. The minimum Gasteiger partial charge on any atom is -0.456 e. The largest absolute Gasteiger partial charge is 0.456 e. The van der Waals surface area contributed by atoms with Crippen LogP contribution in [0.4, 0.5) is 0 Å². The summed E-state index contributed by atoms with van der Waals surface area (Å²) in [4.78, 5) is 15.9. The van der Waals surface area contributed by atoms with E-state index in [4.69, 9.17) is 23.8 Å². The summed E-state index contributed by atoms with van der Waals surface area (Å²) in [6, 6.07) is 65.8. The number of para-hydroxylation sites is 1. The third-order valence-electron chi connectivity index (χ3n) is 12.1. The fraction of sp³-hybridized carbons (Fsp3) is 0. The Morgan fingerprint density at radius 1 is 0.267 bits per heavy atom. The van der Waals surface area contributed by atoms with E-state index >= 15 is 0 Å². The van der Waals surface area contributed by atoms with E-state index in [0.29, 0.717) is 17.5 Å². The van der Waals surface area contributed by atoms with Gasteiger partial charge >= 0.3 is 0 Å². The van der Waals surface area contributed by atoms with E-state index < -0.39 is 0 Å². The molecule has 278 valence electrons. The van der Waals surface area contributed by atoms with Gasteiger partial charge in [-0.15, -0.1) is 0 Å². The molecule has 13 aromatic rings. The number of rotatable bonds is 4. The van der Waals surface area contributed by atoms with Crippen molar-refractivity contribution < 1.29 is 8.83 Å². The first-order chi connectivity index (χ1) is 29.7. The van der Waals surface area contributed by atoms with Crippen LogP contribution in [-0.2, 0) is 0 Å². The van der Waals surface area contributed by atoms with E-state index in [2.05, 4.69) is 164 Å². The van der Waals surface area contributed by atoms with Crippen molar-refractivity contribution in [3.05, 3.63) is 188 Å². The summed E-state index contributed by atoms with van der Waals surface area (Å²) in [6.45, 7) is 0. The van der Waals surface area contributed by atoms with Crippen LogP contribution in [0.1, 0.15) is 0 Å². The Kier molecular flexibility index (Phi) is 6.95. The molecule has 0 radical (unpaired) electrons. The average molecular weight is 766 g/mol. The van der Waals surface area contributed by atoms with Crippen molar-refractivity contribution in [2.75, 3.05) is 0 Å². The van der Waals surface area contributed by atoms with Crippen molar-refractivity contribution >= 4 is 87.0 Å². The number of hydrogen-bond acceptors (Lipinski definition) is 5. The second-order valence-corrected chi connectivity index (χ2v) is 15.5. The zero-order valence-electron chi connectivity index (χ0n) is 32.1. The fourth-order valence-electron chi connectivity index (χ4n) is 9.24. The number of fused-ring (bicyclic) bond motifs is 12. The van der Waals surface area contributed by atoms with Crippen molar-refractivity contribution in [3.63, 3.8) is 0 Å². The van der Waals surface area contributed by atoms with E-state index in [-0.39, 0.29) is 0 Å². The predicted octanol–water partition coefficient (Wildman–Crippen LogP) is 15.0. The standard InChI is InChI=1S/C55H31N3O2/c1-2-11-33-28-34(21-20-32(33)10-1)35-22-26-44-50(31-35)60-48-19-9-17-45(52(44)48)54-56-53(38-23-25-40-37(29-38)24-27-49-51(40)43-16-7-8-18-47(43)59-49)57-55(58-54)46-30-36-12-3-4-13-39(36)41-14-5-6-15-42(41)46/h1-31H. The first-order valence-corrected chi connectivity index (χ1v) is 20.2. The lowest BCUT2D eigenvalue weighted by atomic mass is 9.96. The van der Waals surface area contributed by atoms with Crippen molar-refractivity contribution in [1.82, 2.24) is 15.0 Å². The Balaban J connectivity index is 1.03. The third kappa shape index (κ3) is 5.03. The molecule has 0 amide bonds. The second kappa shape index (κ2) is 12.7. The van der Waals surface area contributed by atoms with Crippen LogP contribution in [0.2, 0.25) is 0 Å². The number of furan rings is 2. The minimum atomic E-state index is 0.579. The lowest BCUT2D eigenvalue weighted by Gasteiger charge is -2.13. The molecular weight excluding hydrogens is 735 g/mol. The number of benzene rings is 10. The van der Waals surface area contributed by atoms with Gasteiger partial charge in [0, 0.05) is 38.2 Å². The smallest absolute Gasteiger partial charge is 0.164 e. The summed E-state index contributed by atoms with van der Waals surface area (Å²) in [5, 5.41) is 13.4. The van der Waals surface area contributed by atoms with E-state index in [1.807, 2.05) is 24.3 Å². The summed E-state index contributed by atoms with van der Waals surface area (Å²) >= 11 is 0. The van der Waals surface area contributed by atoms with Crippen LogP contribution < -0.4 is 0 Å². The molecule has 10 aromatic carbocycles. The van der Waals surface area contributed by atoms with Crippen LogP contribution in [0.5, 0.6) is 0 Å². The summed E-state index contributed by atoms with van der Waals surface area (Å²) in [6.07, 6.45) is 0. The van der Waals surface area contributed by atoms with Crippen LogP contribution in [-0.4, -0.2) is 15.0 Å². The first kappa shape index (κ1) is 32.9. The highest BCUT2D eigenvalue weighted by Crippen LogP contribution is 2.41. The maximum absolute atomic E-state index is 6.63. The predicted molar refractivity (Wildman–Crippen MR) is 246 cm³/mol. The Labute approximate surface area is 342 Å². The molecule has 0 saturated heterocycles. The van der Waals surface area contributed by atoms with Crippen molar-refractivity contribution in [2.45, 2.75) is 0 Å². The highest BCUT2D eigenvalue weighted by Gasteiger charge is 2.21. The first-order valence-electron chi connectivity index (χ1n) is 20.2. The van der Waals surface area contributed by atoms with Gasteiger partial charge < -0.3 is 8.83 Å². The maximum atomic E-state index is 6.63. The van der Waals surface area contributed by atoms with Crippen LogP contribution in [0.15, 0.2) is 197 Å². The minimum absolute atomic E-state index is 0.579. The molecule has 0 atom stereocenters. The van der Waals surface area contributed by atoms with Gasteiger partial charge in [0.05, 0.1) is 0 Å². The van der Waals surface area contributed by atoms with Crippen molar-refractivity contribution in [2.24, 2.45) is 0 Å². The molecule has 5 nitrogen and oxygen atoms in total. The molecule has 3 heterocycles. The summed E-state index contributed by atoms with van der Waals surface area (Å²) in [5.74, 6) is 1.78. The number of nitrogens with zero attached hydrogens (tertiary/aromatic N) is 3. The van der Waals surface area contributed by atoms with E-state index in [1.165, 1.54) is 16.2 Å². The molecule has 5 heteroatoms. The molecule has 0 unspecified atom stereocenters. The second-order valence-electron chi connectivity index (χ2n) is 15.5. The fourth-order valence-corrected chi connectivity index (χ4v) is 9.24. The molecule has 0 bridgehead atoms. The van der Waals surface area contributed by atoms with Gasteiger partial charge in [-0.2, -0.15) is 0 Å². The van der Waals surface area contributed by atoms with Gasteiger partial charge in [0.1, 0.15) is 22.3 Å².